The summed E-state index contributed by atoms with van der Waals surface area (Å²) in [5.74, 6) is 2.40. The largest absolute Gasteiger partial charge is 0.481 e. The first-order chi connectivity index (χ1) is 33.3. The standard InChI is InChI=1S/C12H12N6O3.C12H15N5.C11H14N6.C8H7N5/c19-10(4-5-11(20)21)14-7-9-15-17-12(18-16-9)8-3-1-2-6-13-8;1-2-3-4-8-11-14-16-12(17-15-11)10-7-5-6-9-13-10;12-7-3-1-6-10-14-16-11(17-15-10)9-5-2-4-8-13-9;1-6-10-12-8(13-11-6)7-4-2-3-5-9-7/h1-3,6H,4-5,7H2,(H,14,19)(H,20,21);5-7,9H,2-4,8H2,1H3;2,4-5,8H,1,3,6-7,12H2;2-5H,1H3. The highest BCUT2D eigenvalue weighted by Crippen LogP contribution is 2.11. The molecule has 0 saturated carbocycles. The number of pyridine rings is 4. The second-order valence-corrected chi connectivity index (χ2v) is 13.9. The third kappa shape index (κ3) is 18.4. The molecule has 0 radical (unpaired) electrons. The summed E-state index contributed by atoms with van der Waals surface area (Å²) in [7, 11) is 0. The molecule has 0 saturated heterocycles. The lowest BCUT2D eigenvalue weighted by molar-refractivity contribution is -0.138. The Morgan fingerprint density at radius 2 is 0.853 bits per heavy atom. The highest BCUT2D eigenvalue weighted by molar-refractivity contribution is 5.80. The molecule has 0 aliphatic carbocycles. The third-order valence-electron chi connectivity index (χ3n) is 8.58. The van der Waals surface area contributed by atoms with E-state index >= 15 is 0 Å². The number of aliphatic carboxylic acids is 1. The lowest BCUT2D eigenvalue weighted by atomic mass is 10.2. The van der Waals surface area contributed by atoms with Crippen molar-refractivity contribution < 1.29 is 14.7 Å². The van der Waals surface area contributed by atoms with Gasteiger partial charge in [0.05, 0.1) is 13.0 Å². The summed E-state index contributed by atoms with van der Waals surface area (Å²) in [6, 6.07) is 21.9. The molecule has 8 aromatic rings. The lowest BCUT2D eigenvalue weighted by Gasteiger charge is -2.02. The predicted molar refractivity (Wildman–Crippen MR) is 242 cm³/mol. The smallest absolute Gasteiger partial charge is 0.303 e. The van der Waals surface area contributed by atoms with Crippen LogP contribution in [0.15, 0.2) is 97.6 Å². The topological polar surface area (TPSA) is 350 Å². The summed E-state index contributed by atoms with van der Waals surface area (Å²) in [4.78, 5) is 38.1. The lowest BCUT2D eigenvalue weighted by Crippen LogP contribution is -2.24. The number of carboxylic acids is 1. The van der Waals surface area contributed by atoms with Gasteiger partial charge in [0.1, 0.15) is 22.8 Å². The molecule has 8 rings (SSSR count). The minimum absolute atomic E-state index is 0.0426. The van der Waals surface area contributed by atoms with E-state index in [4.69, 9.17) is 10.8 Å². The van der Waals surface area contributed by atoms with Crippen LogP contribution in [0, 0.1) is 6.92 Å². The van der Waals surface area contributed by atoms with Gasteiger partial charge in [-0.15, -0.1) is 81.6 Å². The van der Waals surface area contributed by atoms with E-state index in [-0.39, 0.29) is 31.0 Å². The number of carboxylic acid groups (broad SMARTS) is 1. The summed E-state index contributed by atoms with van der Waals surface area (Å²) in [5, 5.41) is 73.9. The Morgan fingerprint density at radius 3 is 1.19 bits per heavy atom. The SMILES string of the molecule is CCCCCc1nnc(-c2ccccn2)nn1.Cc1nnc(-c2ccccn2)nn1.NCCCCc1nnc(-c2ccccn2)nn1.O=C(O)CCC(=O)NCc1nnc(-c2ccccn2)nn1. The van der Waals surface area contributed by atoms with Gasteiger partial charge < -0.3 is 16.2 Å². The molecule has 1 amide bonds. The molecule has 4 N–H and O–H groups in total. The van der Waals surface area contributed by atoms with E-state index in [0.29, 0.717) is 64.3 Å². The fourth-order valence-electron chi connectivity index (χ4n) is 5.14. The number of nitrogens with two attached hydrogens (primary N) is 1. The summed E-state index contributed by atoms with van der Waals surface area (Å²) in [6.45, 7) is 4.64. The molecule has 8 aromatic heterocycles. The summed E-state index contributed by atoms with van der Waals surface area (Å²) < 4.78 is 0. The van der Waals surface area contributed by atoms with Gasteiger partial charge in [-0.2, -0.15) is 0 Å². The number of aromatic nitrogens is 20. The Morgan fingerprint density at radius 1 is 0.485 bits per heavy atom. The molecule has 0 aliphatic rings. The molecular weight excluding hydrogens is 873 g/mol. The van der Waals surface area contributed by atoms with Crippen molar-refractivity contribution in [1.29, 1.82) is 0 Å². The van der Waals surface area contributed by atoms with Gasteiger partial charge >= 0.3 is 5.97 Å². The number of carbonyl (C=O) groups excluding carboxylic acids is 1. The zero-order valence-corrected chi connectivity index (χ0v) is 37.3. The van der Waals surface area contributed by atoms with Crippen molar-refractivity contribution in [2.24, 2.45) is 5.73 Å². The van der Waals surface area contributed by atoms with Crippen LogP contribution < -0.4 is 11.1 Å². The van der Waals surface area contributed by atoms with Crippen LogP contribution in [-0.4, -0.2) is 125 Å². The van der Waals surface area contributed by atoms with E-state index < -0.39 is 11.9 Å². The Kier molecular flexibility index (Phi) is 21.4. The van der Waals surface area contributed by atoms with Crippen molar-refractivity contribution in [2.45, 2.75) is 78.2 Å². The van der Waals surface area contributed by atoms with Crippen molar-refractivity contribution in [1.82, 2.24) is 107 Å². The molecule has 0 aliphatic heterocycles. The van der Waals surface area contributed by atoms with Crippen LogP contribution in [0.2, 0.25) is 0 Å². The van der Waals surface area contributed by atoms with Crippen LogP contribution in [0.5, 0.6) is 0 Å². The second-order valence-electron chi connectivity index (χ2n) is 13.9. The molecule has 25 heteroatoms. The average Bonchev–Trinajstić information content (AvgIpc) is 3.40. The van der Waals surface area contributed by atoms with Crippen LogP contribution in [0.4, 0.5) is 0 Å². The summed E-state index contributed by atoms with van der Waals surface area (Å²) >= 11 is 0. The summed E-state index contributed by atoms with van der Waals surface area (Å²) in [6.07, 6.45) is 13.4. The quantitative estimate of drug-likeness (QED) is 0.110. The zero-order chi connectivity index (χ0) is 48.0. The maximum atomic E-state index is 11.3. The Balaban J connectivity index is 0.000000171. The second kappa shape index (κ2) is 28.9. The fourth-order valence-corrected chi connectivity index (χ4v) is 5.14. The van der Waals surface area contributed by atoms with E-state index in [1.54, 1.807) is 49.9 Å². The van der Waals surface area contributed by atoms with Crippen LogP contribution in [0.25, 0.3) is 46.1 Å². The Bertz CT molecular complexity index is 2540. The van der Waals surface area contributed by atoms with Gasteiger partial charge in [-0.05, 0) is 81.3 Å². The molecule has 0 bridgehead atoms. The van der Waals surface area contributed by atoms with E-state index in [1.165, 1.54) is 12.8 Å². The fraction of sp³-hybridized carbons (Fsp3) is 0.302. The number of unbranched alkanes of at least 4 members (excludes halogenated alkanes) is 3. The van der Waals surface area contributed by atoms with E-state index in [9.17, 15) is 9.59 Å². The molecule has 0 spiro atoms. The van der Waals surface area contributed by atoms with Crippen molar-refractivity contribution in [3.05, 3.63) is 121 Å². The maximum Gasteiger partial charge on any atom is 0.303 e. The monoisotopic (exact) mass is 920 g/mol. The number of aryl methyl sites for hydroxylation is 3. The van der Waals surface area contributed by atoms with Gasteiger partial charge in [-0.25, -0.2) is 0 Å². The normalized spacial score (nSPS) is 10.2. The summed E-state index contributed by atoms with van der Waals surface area (Å²) in [5.41, 5.74) is 8.03. The van der Waals surface area contributed by atoms with Gasteiger partial charge in [0, 0.05) is 44.0 Å². The number of amides is 1. The first-order valence-corrected chi connectivity index (χ1v) is 21.4. The molecule has 0 atom stereocenters. The molecular formula is C43H48N22O3. The van der Waals surface area contributed by atoms with Gasteiger partial charge in [0.15, 0.2) is 23.3 Å². The molecule has 348 valence electrons. The van der Waals surface area contributed by atoms with Gasteiger partial charge in [0.25, 0.3) is 0 Å². The average molecular weight is 921 g/mol. The first kappa shape index (κ1) is 50.3. The number of nitrogens with one attached hydrogen (secondary N) is 1. The predicted octanol–water partition coefficient (Wildman–Crippen LogP) is 3.12. The zero-order valence-electron chi connectivity index (χ0n) is 37.3. The number of nitrogens with zero attached hydrogens (tertiary/aromatic N) is 20. The number of rotatable bonds is 17. The van der Waals surface area contributed by atoms with Gasteiger partial charge in [0.2, 0.25) is 29.2 Å². The molecule has 8 heterocycles. The number of carbonyl (C=O) groups is 2. The molecule has 68 heavy (non-hydrogen) atoms. The van der Waals surface area contributed by atoms with Crippen molar-refractivity contribution in [2.75, 3.05) is 6.54 Å². The van der Waals surface area contributed by atoms with Crippen molar-refractivity contribution >= 4 is 11.9 Å². The van der Waals surface area contributed by atoms with Crippen molar-refractivity contribution in [3.8, 4) is 46.1 Å². The molecule has 0 fully saturated rings. The first-order valence-electron chi connectivity index (χ1n) is 21.4. The molecule has 25 nitrogen and oxygen atoms in total. The van der Waals surface area contributed by atoms with Gasteiger partial charge in [-0.3, -0.25) is 29.5 Å². The maximum absolute atomic E-state index is 11.3. The van der Waals surface area contributed by atoms with Crippen LogP contribution in [0.1, 0.15) is 75.2 Å². The number of hydrogen-bond acceptors (Lipinski definition) is 23. The Labute approximate surface area is 389 Å². The Hall–Kier alpha value is -8.74. The molecule has 0 aromatic carbocycles. The van der Waals surface area contributed by atoms with E-state index in [0.717, 1.165) is 32.1 Å². The van der Waals surface area contributed by atoms with Crippen molar-refractivity contribution in [3.63, 3.8) is 0 Å². The third-order valence-corrected chi connectivity index (χ3v) is 8.58. The highest BCUT2D eigenvalue weighted by Gasteiger charge is 2.10. The van der Waals surface area contributed by atoms with E-state index in [1.807, 2.05) is 54.6 Å². The van der Waals surface area contributed by atoms with Gasteiger partial charge in [-0.1, -0.05) is 44.0 Å². The minimum atomic E-state index is -1.02. The minimum Gasteiger partial charge on any atom is -0.481 e. The van der Waals surface area contributed by atoms with E-state index in [2.05, 4.69) is 114 Å². The van der Waals surface area contributed by atoms with Crippen LogP contribution in [0.3, 0.4) is 0 Å². The number of hydrogen-bond donors (Lipinski definition) is 3. The van der Waals surface area contributed by atoms with Crippen LogP contribution >= 0.6 is 0 Å². The molecule has 0 unspecified atom stereocenters. The van der Waals surface area contributed by atoms with Crippen LogP contribution in [-0.2, 0) is 29.0 Å². The highest BCUT2D eigenvalue weighted by atomic mass is 16.4.